The number of aliphatic hydroxyl groups excluding tert-OH is 1. The molecule has 0 saturated carbocycles. The van der Waals surface area contributed by atoms with Crippen molar-refractivity contribution < 1.29 is 14.6 Å². The zero-order chi connectivity index (χ0) is 10.8. The lowest BCUT2D eigenvalue weighted by molar-refractivity contribution is -0.00511. The van der Waals surface area contributed by atoms with Crippen LogP contribution in [0.2, 0.25) is 0 Å². The molecule has 1 amide bonds. The van der Waals surface area contributed by atoms with Crippen molar-refractivity contribution in [3.8, 4) is 0 Å². The lowest BCUT2D eigenvalue weighted by Gasteiger charge is -2.29. The van der Waals surface area contributed by atoms with E-state index in [1.807, 2.05) is 24.3 Å². The van der Waals surface area contributed by atoms with Gasteiger partial charge in [0, 0.05) is 0 Å². The topological polar surface area (TPSA) is 72.6 Å². The molecule has 0 aliphatic heterocycles. The molecule has 80 valence electrons. The summed E-state index contributed by atoms with van der Waals surface area (Å²) in [7, 11) is 0. The molecule has 0 heterocycles. The number of rotatable bonds is 1. The molecule has 0 unspecified atom stereocenters. The molecule has 3 N–H and O–H groups in total. The minimum atomic E-state index is -0.851. The van der Waals surface area contributed by atoms with Gasteiger partial charge in [-0.25, -0.2) is 4.79 Å². The van der Waals surface area contributed by atoms with Crippen LogP contribution in [0.5, 0.6) is 0 Å². The lowest BCUT2D eigenvalue weighted by Crippen LogP contribution is -2.30. The van der Waals surface area contributed by atoms with E-state index in [2.05, 4.69) is 0 Å². The molecule has 0 spiro atoms. The molecule has 2 rings (SSSR count). The maximum absolute atomic E-state index is 10.7. The van der Waals surface area contributed by atoms with Gasteiger partial charge in [-0.2, -0.15) is 0 Å². The Morgan fingerprint density at radius 1 is 1.47 bits per heavy atom. The summed E-state index contributed by atoms with van der Waals surface area (Å²) in [5, 5.41) is 9.73. The van der Waals surface area contributed by atoms with Gasteiger partial charge in [0.1, 0.15) is 0 Å². The third-order valence-corrected chi connectivity index (χ3v) is 2.66. The molecule has 4 heteroatoms. The maximum Gasteiger partial charge on any atom is 0.405 e. The molecule has 2 atom stereocenters. The first-order chi connectivity index (χ1) is 7.18. The van der Waals surface area contributed by atoms with E-state index >= 15 is 0 Å². The first kappa shape index (κ1) is 9.98. The number of hydrogen-bond acceptors (Lipinski definition) is 3. The average molecular weight is 207 g/mol. The molecule has 0 radical (unpaired) electrons. The van der Waals surface area contributed by atoms with Crippen LogP contribution in [0.4, 0.5) is 4.79 Å². The third-order valence-electron chi connectivity index (χ3n) is 2.66. The van der Waals surface area contributed by atoms with Crippen molar-refractivity contribution in [2.45, 2.75) is 25.0 Å². The summed E-state index contributed by atoms with van der Waals surface area (Å²) in [5.74, 6) is 0. The van der Waals surface area contributed by atoms with Crippen molar-refractivity contribution in [3.05, 3.63) is 35.4 Å². The molecule has 1 aromatic rings. The number of carbonyl (C=O) groups excluding carboxylic acids is 1. The predicted molar refractivity (Wildman–Crippen MR) is 54.2 cm³/mol. The third kappa shape index (κ3) is 1.94. The van der Waals surface area contributed by atoms with E-state index in [-0.39, 0.29) is 0 Å². The molecule has 1 aromatic carbocycles. The Morgan fingerprint density at radius 3 is 2.93 bits per heavy atom. The zero-order valence-electron chi connectivity index (χ0n) is 8.22. The molecular weight excluding hydrogens is 194 g/mol. The van der Waals surface area contributed by atoms with Crippen molar-refractivity contribution in [1.29, 1.82) is 0 Å². The van der Waals surface area contributed by atoms with Gasteiger partial charge in [-0.05, 0) is 24.0 Å². The van der Waals surface area contributed by atoms with Gasteiger partial charge in [0.05, 0.1) is 6.10 Å². The zero-order valence-corrected chi connectivity index (χ0v) is 8.22. The highest BCUT2D eigenvalue weighted by Crippen LogP contribution is 2.32. The van der Waals surface area contributed by atoms with E-state index in [1.54, 1.807) is 0 Å². The van der Waals surface area contributed by atoms with Crippen molar-refractivity contribution in [3.63, 3.8) is 0 Å². The van der Waals surface area contributed by atoms with Crippen LogP contribution in [-0.4, -0.2) is 17.3 Å². The largest absolute Gasteiger partial charge is 0.439 e. The van der Waals surface area contributed by atoms with E-state index in [0.29, 0.717) is 6.42 Å². The highest BCUT2D eigenvalue weighted by Gasteiger charge is 2.30. The van der Waals surface area contributed by atoms with Gasteiger partial charge in [0.2, 0.25) is 0 Å². The van der Waals surface area contributed by atoms with Crippen LogP contribution < -0.4 is 5.73 Å². The van der Waals surface area contributed by atoms with Gasteiger partial charge in [0.15, 0.2) is 6.10 Å². The van der Waals surface area contributed by atoms with Crippen LogP contribution in [0.3, 0.4) is 0 Å². The number of aryl methyl sites for hydroxylation is 1. The second-order valence-corrected chi connectivity index (χ2v) is 3.66. The minimum absolute atomic E-state index is 0.592. The SMILES string of the molecule is NC(=O)O[C@@H]1c2ccccc2CC[C@@H]1O. The van der Waals surface area contributed by atoms with E-state index < -0.39 is 18.3 Å². The highest BCUT2D eigenvalue weighted by atomic mass is 16.6. The maximum atomic E-state index is 10.7. The van der Waals surface area contributed by atoms with Gasteiger partial charge in [0.25, 0.3) is 0 Å². The first-order valence-electron chi connectivity index (χ1n) is 4.90. The number of benzene rings is 1. The van der Waals surface area contributed by atoms with E-state index in [4.69, 9.17) is 10.5 Å². The minimum Gasteiger partial charge on any atom is -0.439 e. The summed E-state index contributed by atoms with van der Waals surface area (Å²) < 4.78 is 4.92. The molecule has 0 aromatic heterocycles. The van der Waals surface area contributed by atoms with Crippen LogP contribution in [0, 0.1) is 0 Å². The average Bonchev–Trinajstić information content (AvgIpc) is 2.22. The summed E-state index contributed by atoms with van der Waals surface area (Å²) in [6.45, 7) is 0. The number of hydrogen-bond donors (Lipinski definition) is 2. The van der Waals surface area contributed by atoms with E-state index in [0.717, 1.165) is 17.5 Å². The van der Waals surface area contributed by atoms with Crippen LogP contribution >= 0.6 is 0 Å². The van der Waals surface area contributed by atoms with Gasteiger partial charge in [-0.1, -0.05) is 24.3 Å². The predicted octanol–water partition coefficient (Wildman–Crippen LogP) is 1.13. The van der Waals surface area contributed by atoms with Crippen molar-refractivity contribution >= 4 is 6.09 Å². The Balaban J connectivity index is 2.32. The number of amides is 1. The number of carbonyl (C=O) groups is 1. The summed E-state index contributed by atoms with van der Waals surface area (Å²) in [6, 6.07) is 7.61. The van der Waals surface area contributed by atoms with E-state index in [1.165, 1.54) is 0 Å². The summed E-state index contributed by atoms with van der Waals surface area (Å²) in [6.07, 6.45) is -0.735. The summed E-state index contributed by atoms with van der Waals surface area (Å²) in [5.41, 5.74) is 6.93. The smallest absolute Gasteiger partial charge is 0.405 e. The number of aliphatic hydroxyl groups is 1. The van der Waals surface area contributed by atoms with Crippen LogP contribution in [0.15, 0.2) is 24.3 Å². The Labute approximate surface area is 87.7 Å². The fourth-order valence-corrected chi connectivity index (χ4v) is 1.97. The fourth-order valence-electron chi connectivity index (χ4n) is 1.97. The quantitative estimate of drug-likeness (QED) is 0.725. The molecular formula is C11H13NO3. The van der Waals surface area contributed by atoms with E-state index in [9.17, 15) is 9.90 Å². The van der Waals surface area contributed by atoms with Gasteiger partial charge in [-0.15, -0.1) is 0 Å². The monoisotopic (exact) mass is 207 g/mol. The number of nitrogens with two attached hydrogens (primary N) is 1. The highest BCUT2D eigenvalue weighted by molar-refractivity contribution is 5.65. The Morgan fingerprint density at radius 2 is 2.20 bits per heavy atom. The van der Waals surface area contributed by atoms with Gasteiger partial charge >= 0.3 is 6.09 Å². The molecule has 15 heavy (non-hydrogen) atoms. The second kappa shape index (κ2) is 3.90. The fraction of sp³-hybridized carbons (Fsp3) is 0.364. The number of fused-ring (bicyclic) bond motifs is 1. The first-order valence-corrected chi connectivity index (χ1v) is 4.90. The standard InChI is InChI=1S/C11H13NO3/c12-11(14)15-10-8-4-2-1-3-7(8)5-6-9(10)13/h1-4,9-10,13H,5-6H2,(H2,12,14)/t9-,10+/m0/s1. The van der Waals surface area contributed by atoms with Crippen LogP contribution in [0.1, 0.15) is 23.7 Å². The molecule has 1 aliphatic rings. The Hall–Kier alpha value is -1.55. The normalized spacial score (nSPS) is 24.3. The Bertz CT molecular complexity index is 378. The molecule has 0 saturated heterocycles. The van der Waals surface area contributed by atoms with Crippen molar-refractivity contribution in [2.24, 2.45) is 5.73 Å². The van der Waals surface area contributed by atoms with Crippen molar-refractivity contribution in [1.82, 2.24) is 0 Å². The molecule has 0 fully saturated rings. The Kier molecular flexibility index (Phi) is 2.60. The van der Waals surface area contributed by atoms with Crippen molar-refractivity contribution in [2.75, 3.05) is 0 Å². The van der Waals surface area contributed by atoms with Crippen LogP contribution in [0.25, 0.3) is 0 Å². The molecule has 4 nitrogen and oxygen atoms in total. The van der Waals surface area contributed by atoms with Gasteiger partial charge in [-0.3, -0.25) is 0 Å². The lowest BCUT2D eigenvalue weighted by atomic mass is 9.87. The van der Waals surface area contributed by atoms with Crippen LogP contribution in [-0.2, 0) is 11.2 Å². The molecule has 0 bridgehead atoms. The molecule has 1 aliphatic carbocycles. The number of ether oxygens (including phenoxy) is 1. The number of primary amides is 1. The van der Waals surface area contributed by atoms with Gasteiger partial charge < -0.3 is 15.6 Å². The summed E-state index contributed by atoms with van der Waals surface area (Å²) in [4.78, 5) is 10.7. The second-order valence-electron chi connectivity index (χ2n) is 3.66. The summed E-state index contributed by atoms with van der Waals surface area (Å²) >= 11 is 0.